The maximum absolute atomic E-state index is 10.5. The Hall–Kier alpha value is -0.570. The Morgan fingerprint density at radius 3 is 2.94 bits per heavy atom. The molecule has 2 unspecified atom stereocenters. The first-order valence-electron chi connectivity index (χ1n) is 6.59. The van der Waals surface area contributed by atoms with E-state index in [-0.39, 0.29) is 0 Å². The maximum Gasteiger partial charge on any atom is 0.303 e. The van der Waals surface area contributed by atoms with E-state index < -0.39 is 5.97 Å². The molecular formula is C13H25NO2. The van der Waals surface area contributed by atoms with E-state index >= 15 is 0 Å². The topological polar surface area (TPSA) is 40.5 Å². The van der Waals surface area contributed by atoms with Crippen molar-refractivity contribution in [3.05, 3.63) is 0 Å². The maximum atomic E-state index is 10.5. The molecule has 16 heavy (non-hydrogen) atoms. The fourth-order valence-corrected chi connectivity index (χ4v) is 2.66. The van der Waals surface area contributed by atoms with Crippen molar-refractivity contribution in [2.75, 3.05) is 13.1 Å². The third-order valence-corrected chi connectivity index (χ3v) is 3.65. The van der Waals surface area contributed by atoms with Crippen molar-refractivity contribution >= 4 is 5.97 Å². The number of carbonyl (C=O) groups is 1. The van der Waals surface area contributed by atoms with Crippen LogP contribution in [0.25, 0.3) is 0 Å². The summed E-state index contributed by atoms with van der Waals surface area (Å²) in [5.74, 6) is -0.0529. The van der Waals surface area contributed by atoms with Crippen LogP contribution in [-0.4, -0.2) is 35.1 Å². The van der Waals surface area contributed by atoms with E-state index in [1.165, 1.54) is 32.2 Å². The first-order chi connectivity index (χ1) is 7.63. The van der Waals surface area contributed by atoms with Crippen LogP contribution in [0.4, 0.5) is 0 Å². The Balaban J connectivity index is 2.31. The van der Waals surface area contributed by atoms with Gasteiger partial charge < -0.3 is 10.0 Å². The first-order valence-corrected chi connectivity index (χ1v) is 6.59. The summed E-state index contributed by atoms with van der Waals surface area (Å²) in [4.78, 5) is 13.1. The van der Waals surface area contributed by atoms with E-state index in [4.69, 9.17) is 5.11 Å². The number of carboxylic acids is 1. The third-order valence-electron chi connectivity index (χ3n) is 3.65. The van der Waals surface area contributed by atoms with Gasteiger partial charge in [-0.1, -0.05) is 13.3 Å². The van der Waals surface area contributed by atoms with Gasteiger partial charge in [0.1, 0.15) is 0 Å². The predicted octanol–water partition coefficient (Wildman–Crippen LogP) is 2.75. The summed E-state index contributed by atoms with van der Waals surface area (Å²) in [6, 6.07) is 0.664. The van der Waals surface area contributed by atoms with E-state index in [1.54, 1.807) is 0 Å². The van der Waals surface area contributed by atoms with Gasteiger partial charge >= 0.3 is 5.97 Å². The van der Waals surface area contributed by atoms with Gasteiger partial charge in [-0.05, 0) is 45.1 Å². The highest BCUT2D eigenvalue weighted by Gasteiger charge is 2.23. The molecule has 3 heteroatoms. The van der Waals surface area contributed by atoms with Crippen molar-refractivity contribution in [1.82, 2.24) is 4.90 Å². The van der Waals surface area contributed by atoms with Crippen molar-refractivity contribution in [2.45, 2.75) is 58.4 Å². The highest BCUT2D eigenvalue weighted by molar-refractivity contribution is 5.66. The van der Waals surface area contributed by atoms with Crippen LogP contribution >= 0.6 is 0 Å². The molecule has 1 saturated heterocycles. The lowest BCUT2D eigenvalue weighted by molar-refractivity contribution is -0.137. The van der Waals surface area contributed by atoms with Crippen molar-refractivity contribution in [1.29, 1.82) is 0 Å². The number of rotatable bonds is 6. The second kappa shape index (κ2) is 6.89. The third kappa shape index (κ3) is 4.52. The minimum atomic E-state index is -0.654. The van der Waals surface area contributed by atoms with Crippen LogP contribution in [0.15, 0.2) is 0 Å². The zero-order valence-corrected chi connectivity index (χ0v) is 10.6. The molecule has 0 spiro atoms. The molecule has 0 bridgehead atoms. The van der Waals surface area contributed by atoms with Gasteiger partial charge in [-0.25, -0.2) is 0 Å². The Bertz CT molecular complexity index is 218. The minimum absolute atomic E-state index is 0.334. The SMILES string of the molecule is CCCC(C)N1CCCC(CCC(=O)O)C1. The summed E-state index contributed by atoms with van der Waals surface area (Å²) < 4.78 is 0. The highest BCUT2D eigenvalue weighted by Crippen LogP contribution is 2.23. The lowest BCUT2D eigenvalue weighted by Gasteiger charge is -2.36. The lowest BCUT2D eigenvalue weighted by Crippen LogP contribution is -2.41. The number of nitrogens with zero attached hydrogens (tertiary/aromatic N) is 1. The fraction of sp³-hybridized carbons (Fsp3) is 0.923. The van der Waals surface area contributed by atoms with Gasteiger partial charge in [-0.2, -0.15) is 0 Å². The van der Waals surface area contributed by atoms with Crippen LogP contribution < -0.4 is 0 Å². The average molecular weight is 227 g/mol. The lowest BCUT2D eigenvalue weighted by atomic mass is 9.92. The molecule has 0 amide bonds. The normalized spacial score (nSPS) is 24.2. The van der Waals surface area contributed by atoms with E-state index in [0.29, 0.717) is 18.4 Å². The molecule has 0 aromatic carbocycles. The second-order valence-electron chi connectivity index (χ2n) is 5.07. The predicted molar refractivity (Wildman–Crippen MR) is 65.5 cm³/mol. The molecule has 1 fully saturated rings. The van der Waals surface area contributed by atoms with Gasteiger partial charge in [-0.15, -0.1) is 0 Å². The molecule has 1 heterocycles. The smallest absolute Gasteiger partial charge is 0.303 e. The molecular weight excluding hydrogens is 202 g/mol. The second-order valence-corrected chi connectivity index (χ2v) is 5.07. The molecule has 0 saturated carbocycles. The zero-order valence-electron chi connectivity index (χ0n) is 10.6. The Kier molecular flexibility index (Phi) is 5.81. The van der Waals surface area contributed by atoms with Crippen molar-refractivity contribution in [3.8, 4) is 0 Å². The number of aliphatic carboxylic acids is 1. The molecule has 2 atom stereocenters. The summed E-state index contributed by atoms with van der Waals surface area (Å²) >= 11 is 0. The summed E-state index contributed by atoms with van der Waals surface area (Å²) in [6.45, 7) is 6.82. The van der Waals surface area contributed by atoms with E-state index in [2.05, 4.69) is 18.7 Å². The molecule has 0 aromatic heterocycles. The number of likely N-dealkylation sites (tertiary alicyclic amines) is 1. The largest absolute Gasteiger partial charge is 0.481 e. The van der Waals surface area contributed by atoms with Gasteiger partial charge in [0.15, 0.2) is 0 Å². The molecule has 0 aliphatic carbocycles. The Morgan fingerprint density at radius 1 is 1.56 bits per heavy atom. The van der Waals surface area contributed by atoms with Crippen LogP contribution in [0.5, 0.6) is 0 Å². The van der Waals surface area contributed by atoms with Crippen molar-refractivity contribution < 1.29 is 9.90 Å². The molecule has 1 aliphatic heterocycles. The van der Waals surface area contributed by atoms with Gasteiger partial charge in [-0.3, -0.25) is 4.79 Å². The molecule has 1 rings (SSSR count). The number of piperidine rings is 1. The zero-order chi connectivity index (χ0) is 12.0. The van der Waals surface area contributed by atoms with Gasteiger partial charge in [0.05, 0.1) is 0 Å². The molecule has 1 N–H and O–H groups in total. The van der Waals surface area contributed by atoms with Crippen molar-refractivity contribution in [3.63, 3.8) is 0 Å². The van der Waals surface area contributed by atoms with Gasteiger partial charge in [0, 0.05) is 19.0 Å². The van der Waals surface area contributed by atoms with E-state index in [0.717, 1.165) is 13.0 Å². The summed E-state index contributed by atoms with van der Waals surface area (Å²) in [5.41, 5.74) is 0. The molecule has 0 aromatic rings. The molecule has 1 aliphatic rings. The molecule has 3 nitrogen and oxygen atoms in total. The van der Waals surface area contributed by atoms with Crippen LogP contribution in [0, 0.1) is 5.92 Å². The first kappa shape index (κ1) is 13.5. The summed E-state index contributed by atoms with van der Waals surface area (Å²) in [7, 11) is 0. The average Bonchev–Trinajstić information content (AvgIpc) is 2.27. The number of hydrogen-bond acceptors (Lipinski definition) is 2. The molecule has 94 valence electrons. The Morgan fingerprint density at radius 2 is 2.31 bits per heavy atom. The fourth-order valence-electron chi connectivity index (χ4n) is 2.66. The van der Waals surface area contributed by atoms with Crippen LogP contribution in [-0.2, 0) is 4.79 Å². The molecule has 0 radical (unpaired) electrons. The standard InChI is InChI=1S/C13H25NO2/c1-3-5-11(2)14-9-4-6-12(10-14)7-8-13(15)16/h11-12H,3-10H2,1-2H3,(H,15,16). The van der Waals surface area contributed by atoms with Crippen LogP contribution in [0.3, 0.4) is 0 Å². The minimum Gasteiger partial charge on any atom is -0.481 e. The monoisotopic (exact) mass is 227 g/mol. The van der Waals surface area contributed by atoms with Crippen LogP contribution in [0.2, 0.25) is 0 Å². The van der Waals surface area contributed by atoms with E-state index in [9.17, 15) is 4.79 Å². The van der Waals surface area contributed by atoms with Gasteiger partial charge in [0.25, 0.3) is 0 Å². The van der Waals surface area contributed by atoms with E-state index in [1.807, 2.05) is 0 Å². The summed E-state index contributed by atoms with van der Waals surface area (Å²) in [6.07, 6.45) is 6.12. The van der Waals surface area contributed by atoms with Crippen LogP contribution in [0.1, 0.15) is 52.4 Å². The number of carboxylic acid groups (broad SMARTS) is 1. The van der Waals surface area contributed by atoms with Crippen molar-refractivity contribution in [2.24, 2.45) is 5.92 Å². The Labute approximate surface area is 98.8 Å². The van der Waals surface area contributed by atoms with Gasteiger partial charge in [0.2, 0.25) is 0 Å². The quantitative estimate of drug-likeness (QED) is 0.758. The summed E-state index contributed by atoms with van der Waals surface area (Å²) in [5, 5.41) is 8.69. The highest BCUT2D eigenvalue weighted by atomic mass is 16.4. The number of hydrogen-bond donors (Lipinski definition) is 1.